The highest BCUT2D eigenvalue weighted by Gasteiger charge is 2.46. The summed E-state index contributed by atoms with van der Waals surface area (Å²) in [5.41, 5.74) is 2.61. The number of benzene rings is 1. The lowest BCUT2D eigenvalue weighted by Gasteiger charge is -2.46. The second-order valence-electron chi connectivity index (χ2n) is 8.40. The first-order valence-corrected chi connectivity index (χ1v) is 10.4. The summed E-state index contributed by atoms with van der Waals surface area (Å²) in [6.07, 6.45) is 4.79. The maximum Gasteiger partial charge on any atom is 0.272 e. The average Bonchev–Trinajstić information content (AvgIpc) is 3.24. The molecule has 2 aliphatic rings. The van der Waals surface area contributed by atoms with Gasteiger partial charge in [0.1, 0.15) is 5.69 Å². The van der Waals surface area contributed by atoms with E-state index >= 15 is 0 Å². The van der Waals surface area contributed by atoms with Gasteiger partial charge < -0.3 is 9.80 Å². The molecule has 0 atom stereocenters. The number of likely N-dealkylation sites (N-methyl/N-ethyl adjacent to an activating group) is 1. The van der Waals surface area contributed by atoms with Gasteiger partial charge >= 0.3 is 0 Å². The van der Waals surface area contributed by atoms with Crippen LogP contribution in [-0.4, -0.2) is 68.0 Å². The van der Waals surface area contributed by atoms with Gasteiger partial charge in [0.25, 0.3) is 11.8 Å². The number of nitrogens with zero attached hydrogens (tertiary/aromatic N) is 6. The minimum absolute atomic E-state index is 0.0111. The van der Waals surface area contributed by atoms with Crippen molar-refractivity contribution in [2.45, 2.75) is 18.3 Å². The van der Waals surface area contributed by atoms with Crippen LogP contribution in [0.15, 0.2) is 48.8 Å². The van der Waals surface area contributed by atoms with Crippen LogP contribution >= 0.6 is 0 Å². The van der Waals surface area contributed by atoms with Crippen LogP contribution < -0.4 is 0 Å². The zero-order valence-corrected chi connectivity index (χ0v) is 17.7. The van der Waals surface area contributed by atoms with E-state index in [1.807, 2.05) is 42.3 Å². The molecule has 3 aromatic rings. The highest BCUT2D eigenvalue weighted by molar-refractivity contribution is 5.97. The topological polar surface area (TPSA) is 84.2 Å². The van der Waals surface area contributed by atoms with Gasteiger partial charge in [-0.05, 0) is 18.9 Å². The van der Waals surface area contributed by atoms with Gasteiger partial charge in [0.2, 0.25) is 0 Å². The predicted molar refractivity (Wildman–Crippen MR) is 114 cm³/mol. The van der Waals surface area contributed by atoms with Gasteiger partial charge in [-0.3, -0.25) is 14.3 Å². The van der Waals surface area contributed by atoms with Crippen molar-refractivity contribution in [1.29, 1.82) is 0 Å². The summed E-state index contributed by atoms with van der Waals surface area (Å²) in [5, 5.41) is 4.11. The second-order valence-corrected chi connectivity index (χ2v) is 8.40. The number of amides is 2. The molecule has 0 bridgehead atoms. The molecule has 2 amide bonds. The largest absolute Gasteiger partial charge is 0.341 e. The molecule has 8 nitrogen and oxygen atoms in total. The van der Waals surface area contributed by atoms with Crippen molar-refractivity contribution in [2.75, 3.05) is 26.7 Å². The van der Waals surface area contributed by atoms with Crippen molar-refractivity contribution in [3.8, 4) is 11.4 Å². The molecule has 0 N–H and O–H groups in total. The van der Waals surface area contributed by atoms with E-state index in [4.69, 9.17) is 4.98 Å². The molecule has 1 saturated heterocycles. The zero-order valence-electron chi connectivity index (χ0n) is 17.7. The van der Waals surface area contributed by atoms with E-state index in [-0.39, 0.29) is 17.2 Å². The van der Waals surface area contributed by atoms with Crippen LogP contribution in [0.4, 0.5) is 0 Å². The summed E-state index contributed by atoms with van der Waals surface area (Å²) in [6, 6.07) is 11.6. The summed E-state index contributed by atoms with van der Waals surface area (Å²) in [5.74, 6) is 0.570. The normalized spacial score (nSPS) is 17.7. The fourth-order valence-corrected chi connectivity index (χ4v) is 4.75. The SMILES string of the molecule is CN1CC2(CCN(C(=O)c3ccnn3C)CC2)c2nc(-c3ccccc3)ncc2C1=O. The monoisotopic (exact) mass is 416 g/mol. The summed E-state index contributed by atoms with van der Waals surface area (Å²) in [6.45, 7) is 1.81. The third kappa shape index (κ3) is 3.19. The number of carbonyl (C=O) groups is 2. The molecule has 0 aliphatic carbocycles. The van der Waals surface area contributed by atoms with Crippen LogP contribution in [0.1, 0.15) is 39.4 Å². The molecule has 0 unspecified atom stereocenters. The first kappa shape index (κ1) is 19.4. The van der Waals surface area contributed by atoms with E-state index in [1.165, 1.54) is 0 Å². The molecular formula is C23H24N6O2. The molecule has 2 aromatic heterocycles. The summed E-state index contributed by atoms with van der Waals surface area (Å²) < 4.78 is 1.61. The highest BCUT2D eigenvalue weighted by Crippen LogP contribution is 2.41. The second kappa shape index (κ2) is 7.30. The number of aromatic nitrogens is 4. The van der Waals surface area contributed by atoms with Crippen LogP contribution in [0.2, 0.25) is 0 Å². The van der Waals surface area contributed by atoms with Gasteiger partial charge in [-0.2, -0.15) is 5.10 Å². The van der Waals surface area contributed by atoms with Gasteiger partial charge in [0.05, 0.1) is 11.3 Å². The average molecular weight is 416 g/mol. The number of rotatable bonds is 2. The molecule has 5 rings (SSSR count). The van der Waals surface area contributed by atoms with Gasteiger partial charge in [0, 0.05) is 57.1 Å². The number of piperidine rings is 1. The van der Waals surface area contributed by atoms with Crippen LogP contribution in [-0.2, 0) is 12.5 Å². The Kier molecular flexibility index (Phi) is 4.57. The Bertz CT molecular complexity index is 1150. The summed E-state index contributed by atoms with van der Waals surface area (Å²) >= 11 is 0. The molecule has 1 fully saturated rings. The first-order valence-electron chi connectivity index (χ1n) is 10.4. The minimum Gasteiger partial charge on any atom is -0.341 e. The third-order valence-corrected chi connectivity index (χ3v) is 6.49. The van der Waals surface area contributed by atoms with E-state index in [1.54, 1.807) is 35.1 Å². The fourth-order valence-electron chi connectivity index (χ4n) is 4.75. The van der Waals surface area contributed by atoms with Crippen molar-refractivity contribution in [3.05, 3.63) is 65.7 Å². The molecule has 31 heavy (non-hydrogen) atoms. The van der Waals surface area contributed by atoms with Gasteiger partial charge in [-0.15, -0.1) is 0 Å². The quantitative estimate of drug-likeness (QED) is 0.639. The van der Waals surface area contributed by atoms with Crippen molar-refractivity contribution in [1.82, 2.24) is 29.5 Å². The Labute approximate surface area is 180 Å². The Balaban J connectivity index is 1.48. The highest BCUT2D eigenvalue weighted by atomic mass is 16.2. The molecule has 0 saturated carbocycles. The summed E-state index contributed by atoms with van der Waals surface area (Å²) in [4.78, 5) is 38.8. The molecular weight excluding hydrogens is 392 g/mol. The lowest BCUT2D eigenvalue weighted by atomic mass is 9.71. The Morgan fingerprint density at radius 2 is 1.81 bits per heavy atom. The van der Waals surface area contributed by atoms with Crippen LogP contribution in [0.3, 0.4) is 0 Å². The molecule has 8 heteroatoms. The summed E-state index contributed by atoms with van der Waals surface area (Å²) in [7, 11) is 3.60. The van der Waals surface area contributed by atoms with Crippen LogP contribution in [0.5, 0.6) is 0 Å². The minimum atomic E-state index is -0.284. The number of hydrogen-bond donors (Lipinski definition) is 0. The first-order chi connectivity index (χ1) is 15.0. The van der Waals surface area contributed by atoms with E-state index in [2.05, 4.69) is 10.1 Å². The maximum atomic E-state index is 12.9. The van der Waals surface area contributed by atoms with Crippen molar-refractivity contribution < 1.29 is 9.59 Å². The predicted octanol–water partition coefficient (Wildman–Crippen LogP) is 2.14. The Morgan fingerprint density at radius 3 is 2.48 bits per heavy atom. The smallest absolute Gasteiger partial charge is 0.272 e. The molecule has 2 aliphatic heterocycles. The third-order valence-electron chi connectivity index (χ3n) is 6.49. The molecule has 4 heterocycles. The van der Waals surface area contributed by atoms with E-state index < -0.39 is 0 Å². The van der Waals surface area contributed by atoms with E-state index in [0.717, 1.165) is 24.1 Å². The van der Waals surface area contributed by atoms with Crippen molar-refractivity contribution in [2.24, 2.45) is 7.05 Å². The van der Waals surface area contributed by atoms with Crippen LogP contribution in [0, 0.1) is 0 Å². The lowest BCUT2D eigenvalue weighted by molar-refractivity contribution is 0.0535. The zero-order chi connectivity index (χ0) is 21.6. The fraction of sp³-hybridized carbons (Fsp3) is 0.348. The lowest BCUT2D eigenvalue weighted by Crippen LogP contribution is -2.54. The number of likely N-dealkylation sites (tertiary alicyclic amines) is 1. The van der Waals surface area contributed by atoms with Crippen LogP contribution in [0.25, 0.3) is 11.4 Å². The molecule has 1 aromatic carbocycles. The maximum absolute atomic E-state index is 12.9. The van der Waals surface area contributed by atoms with Crippen molar-refractivity contribution in [3.63, 3.8) is 0 Å². The number of hydrogen-bond acceptors (Lipinski definition) is 5. The number of fused-ring (bicyclic) bond motifs is 2. The Morgan fingerprint density at radius 1 is 1.06 bits per heavy atom. The molecule has 158 valence electrons. The van der Waals surface area contributed by atoms with Crippen molar-refractivity contribution >= 4 is 11.8 Å². The van der Waals surface area contributed by atoms with E-state index in [9.17, 15) is 9.59 Å². The molecule has 1 spiro atoms. The molecule has 0 radical (unpaired) electrons. The number of aryl methyl sites for hydroxylation is 1. The van der Waals surface area contributed by atoms with E-state index in [0.29, 0.717) is 36.7 Å². The number of carbonyl (C=O) groups excluding carboxylic acids is 2. The van der Waals surface area contributed by atoms with Gasteiger partial charge in [0.15, 0.2) is 5.82 Å². The standard InChI is InChI=1S/C23H24N6O2/c1-27-15-23(9-12-29(13-10-23)22(31)18-8-11-25-28(18)2)19-17(21(27)30)14-24-20(26-19)16-6-4-3-5-7-16/h3-8,11,14H,9-10,12-13,15H2,1-2H3. The van der Waals surface area contributed by atoms with Gasteiger partial charge in [-0.1, -0.05) is 30.3 Å². The Hall–Kier alpha value is -3.55. The van der Waals surface area contributed by atoms with Gasteiger partial charge in [-0.25, -0.2) is 9.97 Å².